The van der Waals surface area contributed by atoms with E-state index in [-0.39, 0.29) is 29.6 Å². The molecule has 10 atom stereocenters. The molecule has 1 amide bonds. The van der Waals surface area contributed by atoms with E-state index in [9.17, 15) is 35.1 Å². The van der Waals surface area contributed by atoms with Crippen molar-refractivity contribution >= 4 is 11.9 Å². The number of hydrogen-bond acceptors (Lipinski definition) is 11. The minimum absolute atomic E-state index is 0. The Kier molecular flexibility index (Phi) is 10.4. The molecule has 0 bridgehead atoms. The van der Waals surface area contributed by atoms with E-state index in [4.69, 9.17) is 18.9 Å². The molecular formula is C16H26NNaO11. The number of aliphatic carboxylic acids is 1. The number of carbonyl (C=O) groups excluding carboxylic acids is 2. The molecule has 2 heterocycles. The number of carboxylic acids is 1. The number of ether oxygens (including phenoxy) is 4. The molecule has 2 saturated heterocycles. The first kappa shape index (κ1) is 26.7. The van der Waals surface area contributed by atoms with E-state index in [2.05, 4.69) is 5.32 Å². The average molecular weight is 431 g/mol. The van der Waals surface area contributed by atoms with Crippen LogP contribution in [-0.4, -0.2) is 107 Å². The van der Waals surface area contributed by atoms with Crippen LogP contribution >= 0.6 is 0 Å². The molecule has 0 spiro atoms. The Morgan fingerprint density at radius 1 is 1.10 bits per heavy atom. The standard InChI is InChI=1S/C16H27NO11.Na/c1-5-8(17-6(2)19)12(9(20)7(4-18)26-5)27-16-11(22)10(21)13(25-3)14(28-16)15(23)24;/h5,7-14,16,18,20-22H,4H2,1-3H3,(H,17,19)(H,23,24);/q;+1/p-1/t5-,7?,8?,9?,10?,11?,12?,13?,14?,16?;/m1./s1. The van der Waals surface area contributed by atoms with Gasteiger partial charge < -0.3 is 54.6 Å². The molecule has 0 aliphatic carbocycles. The second-order valence-electron chi connectivity index (χ2n) is 6.81. The number of hydrogen-bond donors (Lipinski definition) is 5. The summed E-state index contributed by atoms with van der Waals surface area (Å²) >= 11 is 0. The van der Waals surface area contributed by atoms with Gasteiger partial charge in [0.1, 0.15) is 42.7 Å². The van der Waals surface area contributed by atoms with Crippen molar-refractivity contribution in [1.82, 2.24) is 5.32 Å². The average Bonchev–Trinajstić information content (AvgIpc) is 2.63. The third-order valence-corrected chi connectivity index (χ3v) is 4.86. The van der Waals surface area contributed by atoms with Crippen molar-refractivity contribution in [3.05, 3.63) is 0 Å². The van der Waals surface area contributed by atoms with Crippen LogP contribution in [0, 0.1) is 0 Å². The van der Waals surface area contributed by atoms with Crippen molar-refractivity contribution < 1.29 is 83.6 Å². The molecule has 5 N–H and O–H groups in total. The molecule has 0 radical (unpaired) electrons. The Balaban J connectivity index is 0.00000420. The first-order valence-electron chi connectivity index (χ1n) is 8.74. The topological polar surface area (TPSA) is 187 Å². The Hall–Kier alpha value is -0.380. The van der Waals surface area contributed by atoms with Crippen LogP contribution in [0.2, 0.25) is 0 Å². The maximum atomic E-state index is 11.5. The van der Waals surface area contributed by atoms with Crippen LogP contribution in [0.5, 0.6) is 0 Å². The summed E-state index contributed by atoms with van der Waals surface area (Å²) in [6.07, 6.45) is -12.7. The van der Waals surface area contributed by atoms with Crippen LogP contribution in [0.25, 0.3) is 0 Å². The number of amides is 1. The van der Waals surface area contributed by atoms with Gasteiger partial charge in [0.15, 0.2) is 6.29 Å². The zero-order chi connectivity index (χ0) is 21.2. The van der Waals surface area contributed by atoms with Gasteiger partial charge in [0, 0.05) is 14.0 Å². The van der Waals surface area contributed by atoms with Crippen molar-refractivity contribution in [3.8, 4) is 0 Å². The summed E-state index contributed by atoms with van der Waals surface area (Å²) in [5.41, 5.74) is 0. The first-order valence-corrected chi connectivity index (χ1v) is 8.74. The van der Waals surface area contributed by atoms with E-state index in [0.29, 0.717) is 0 Å². The minimum atomic E-state index is -1.75. The number of rotatable bonds is 6. The SMILES string of the molecule is COC1C(C(=O)[O-])OC(OC2C(O)C(CO)O[C@H](C)C2NC(C)=O)C(O)C1O.[Na+]. The normalized spacial score (nSPS) is 42.6. The number of aliphatic hydroxyl groups is 4. The zero-order valence-electron chi connectivity index (χ0n) is 16.6. The van der Waals surface area contributed by atoms with Gasteiger partial charge in [-0.15, -0.1) is 0 Å². The van der Waals surface area contributed by atoms with E-state index in [1.165, 1.54) is 6.92 Å². The third kappa shape index (κ3) is 5.86. The van der Waals surface area contributed by atoms with E-state index < -0.39 is 79.6 Å². The van der Waals surface area contributed by atoms with Crippen LogP contribution in [0.3, 0.4) is 0 Å². The molecule has 2 aliphatic rings. The third-order valence-electron chi connectivity index (χ3n) is 4.86. The summed E-state index contributed by atoms with van der Waals surface area (Å²) in [5, 5.41) is 54.2. The van der Waals surface area contributed by atoms with Gasteiger partial charge in [-0.3, -0.25) is 4.79 Å². The fraction of sp³-hybridized carbons (Fsp3) is 0.875. The number of carbonyl (C=O) groups is 2. The monoisotopic (exact) mass is 431 g/mol. The van der Waals surface area contributed by atoms with E-state index in [0.717, 1.165) is 7.11 Å². The maximum Gasteiger partial charge on any atom is 1.00 e. The van der Waals surface area contributed by atoms with Gasteiger partial charge in [-0.2, -0.15) is 0 Å². The van der Waals surface area contributed by atoms with Gasteiger partial charge in [0.05, 0.1) is 24.7 Å². The molecule has 0 aromatic heterocycles. The molecule has 0 saturated carbocycles. The predicted molar refractivity (Wildman–Crippen MR) is 86.4 cm³/mol. The van der Waals surface area contributed by atoms with Crippen LogP contribution in [0.4, 0.5) is 0 Å². The van der Waals surface area contributed by atoms with Gasteiger partial charge in [-0.1, -0.05) is 0 Å². The molecule has 9 unspecified atom stereocenters. The fourth-order valence-electron chi connectivity index (χ4n) is 3.44. The predicted octanol–water partition coefficient (Wildman–Crippen LogP) is -7.77. The summed E-state index contributed by atoms with van der Waals surface area (Å²) < 4.78 is 21.1. The molecular weight excluding hydrogens is 405 g/mol. The van der Waals surface area contributed by atoms with E-state index >= 15 is 0 Å². The summed E-state index contributed by atoms with van der Waals surface area (Å²) in [7, 11) is 1.13. The van der Waals surface area contributed by atoms with Crippen LogP contribution in [0.15, 0.2) is 0 Å². The number of nitrogens with one attached hydrogen (secondary N) is 1. The number of aliphatic hydroxyl groups excluding tert-OH is 4. The second-order valence-corrected chi connectivity index (χ2v) is 6.81. The van der Waals surface area contributed by atoms with Gasteiger partial charge in [-0.25, -0.2) is 0 Å². The molecule has 162 valence electrons. The van der Waals surface area contributed by atoms with Gasteiger partial charge in [-0.05, 0) is 6.92 Å². The molecule has 0 aromatic carbocycles. The first-order chi connectivity index (χ1) is 13.1. The van der Waals surface area contributed by atoms with Crippen molar-refractivity contribution in [2.24, 2.45) is 0 Å². The molecule has 13 heteroatoms. The van der Waals surface area contributed by atoms with Crippen molar-refractivity contribution in [1.29, 1.82) is 0 Å². The Labute approximate surface area is 189 Å². The van der Waals surface area contributed by atoms with E-state index in [1.807, 2.05) is 0 Å². The van der Waals surface area contributed by atoms with Crippen LogP contribution in [-0.2, 0) is 28.5 Å². The van der Waals surface area contributed by atoms with Crippen molar-refractivity contribution in [2.75, 3.05) is 13.7 Å². The fourth-order valence-corrected chi connectivity index (χ4v) is 3.44. The quantitative estimate of drug-likeness (QED) is 0.251. The van der Waals surface area contributed by atoms with Gasteiger partial charge >= 0.3 is 29.6 Å². The number of carboxylic acid groups (broad SMARTS) is 1. The molecule has 0 aromatic rings. The maximum absolute atomic E-state index is 11.5. The van der Waals surface area contributed by atoms with Gasteiger partial charge in [0.25, 0.3) is 0 Å². The molecule has 29 heavy (non-hydrogen) atoms. The smallest absolute Gasteiger partial charge is 0.547 e. The summed E-state index contributed by atoms with van der Waals surface area (Å²) in [5.74, 6) is -2.15. The Morgan fingerprint density at radius 3 is 2.21 bits per heavy atom. The van der Waals surface area contributed by atoms with Crippen LogP contribution in [0.1, 0.15) is 13.8 Å². The van der Waals surface area contributed by atoms with Gasteiger partial charge in [0.2, 0.25) is 5.91 Å². The molecule has 2 aliphatic heterocycles. The molecule has 12 nitrogen and oxygen atoms in total. The second kappa shape index (κ2) is 11.3. The van der Waals surface area contributed by atoms with E-state index in [1.54, 1.807) is 6.92 Å². The summed E-state index contributed by atoms with van der Waals surface area (Å²) in [6.45, 7) is 2.25. The minimum Gasteiger partial charge on any atom is -0.547 e. The molecule has 2 fully saturated rings. The molecule has 2 rings (SSSR count). The Bertz CT molecular complexity index is 567. The summed E-state index contributed by atoms with van der Waals surface area (Å²) in [4.78, 5) is 22.8. The summed E-state index contributed by atoms with van der Waals surface area (Å²) in [6, 6.07) is -0.912. The Morgan fingerprint density at radius 2 is 1.72 bits per heavy atom. The zero-order valence-corrected chi connectivity index (χ0v) is 18.6. The van der Waals surface area contributed by atoms with Crippen molar-refractivity contribution in [3.63, 3.8) is 0 Å². The largest absolute Gasteiger partial charge is 1.00 e. The number of methoxy groups -OCH3 is 1. The van der Waals surface area contributed by atoms with Crippen LogP contribution < -0.4 is 40.0 Å². The van der Waals surface area contributed by atoms with Crippen molar-refractivity contribution in [2.45, 2.75) is 75.0 Å².